The zero-order valence-electron chi connectivity index (χ0n) is 10.8. The van der Waals surface area contributed by atoms with Gasteiger partial charge in [0, 0.05) is 24.6 Å². The molecule has 1 amide bonds. The van der Waals surface area contributed by atoms with E-state index in [0.717, 1.165) is 18.7 Å². The van der Waals surface area contributed by atoms with Crippen LogP contribution < -0.4 is 10.6 Å². The molecule has 2 N–H and O–H groups in total. The van der Waals surface area contributed by atoms with Crippen molar-refractivity contribution in [3.05, 3.63) is 48.4 Å². The third kappa shape index (κ3) is 3.51. The average molecular weight is 256 g/mol. The highest BCUT2D eigenvalue weighted by atomic mass is 16.1. The lowest BCUT2D eigenvalue weighted by Crippen LogP contribution is -2.15. The number of hydrogen-bond acceptors (Lipinski definition) is 4. The van der Waals surface area contributed by atoms with Gasteiger partial charge < -0.3 is 10.6 Å². The molecule has 0 atom stereocenters. The van der Waals surface area contributed by atoms with Gasteiger partial charge in [-0.25, -0.2) is 4.98 Å². The quantitative estimate of drug-likeness (QED) is 0.862. The lowest BCUT2D eigenvalue weighted by atomic mass is 10.1. The van der Waals surface area contributed by atoms with Gasteiger partial charge in [-0.3, -0.25) is 9.78 Å². The predicted octanol–water partition coefficient (Wildman–Crippen LogP) is 2.55. The Balaban J connectivity index is 2.14. The molecule has 0 aliphatic rings. The molecule has 1 aromatic heterocycles. The molecule has 0 bridgehead atoms. The smallest absolute Gasteiger partial charge is 0.258 e. The SMILES string of the molecule is CCCNc1ccccc1C(=O)Nc1cnccn1. The first-order valence-electron chi connectivity index (χ1n) is 6.21. The topological polar surface area (TPSA) is 66.9 Å². The van der Waals surface area contributed by atoms with Gasteiger partial charge in [0.05, 0.1) is 11.8 Å². The molecular weight excluding hydrogens is 240 g/mol. The number of benzene rings is 1. The van der Waals surface area contributed by atoms with E-state index >= 15 is 0 Å². The van der Waals surface area contributed by atoms with Gasteiger partial charge in [-0.1, -0.05) is 19.1 Å². The molecule has 2 aromatic rings. The van der Waals surface area contributed by atoms with Crippen molar-refractivity contribution in [1.29, 1.82) is 0 Å². The molecular formula is C14H16N4O. The molecule has 0 radical (unpaired) electrons. The fraction of sp³-hybridized carbons (Fsp3) is 0.214. The number of carbonyl (C=O) groups is 1. The highest BCUT2D eigenvalue weighted by Crippen LogP contribution is 2.16. The maximum atomic E-state index is 12.2. The molecule has 0 aliphatic carbocycles. The van der Waals surface area contributed by atoms with Crippen LogP contribution in [-0.4, -0.2) is 22.4 Å². The Hall–Kier alpha value is -2.43. The average Bonchev–Trinajstić information content (AvgIpc) is 2.46. The number of amides is 1. The summed E-state index contributed by atoms with van der Waals surface area (Å²) >= 11 is 0. The van der Waals surface area contributed by atoms with Crippen molar-refractivity contribution in [3.63, 3.8) is 0 Å². The Morgan fingerprint density at radius 2 is 2.11 bits per heavy atom. The Labute approximate surface area is 112 Å². The fourth-order valence-electron chi connectivity index (χ4n) is 1.64. The van der Waals surface area contributed by atoms with Crippen LogP contribution in [0.15, 0.2) is 42.9 Å². The van der Waals surface area contributed by atoms with Gasteiger partial charge in [0.1, 0.15) is 0 Å². The maximum absolute atomic E-state index is 12.2. The highest BCUT2D eigenvalue weighted by Gasteiger charge is 2.11. The number of para-hydroxylation sites is 1. The summed E-state index contributed by atoms with van der Waals surface area (Å²) in [5, 5.41) is 5.96. The van der Waals surface area contributed by atoms with Crippen LogP contribution in [0.1, 0.15) is 23.7 Å². The van der Waals surface area contributed by atoms with Crippen molar-refractivity contribution in [3.8, 4) is 0 Å². The molecule has 0 fully saturated rings. The van der Waals surface area contributed by atoms with E-state index in [4.69, 9.17) is 0 Å². The molecule has 1 aromatic carbocycles. The highest BCUT2D eigenvalue weighted by molar-refractivity contribution is 6.07. The van der Waals surface area contributed by atoms with E-state index in [1.807, 2.05) is 18.2 Å². The van der Waals surface area contributed by atoms with E-state index in [-0.39, 0.29) is 5.91 Å². The first-order valence-corrected chi connectivity index (χ1v) is 6.21. The number of nitrogens with one attached hydrogen (secondary N) is 2. The molecule has 0 saturated carbocycles. The summed E-state index contributed by atoms with van der Waals surface area (Å²) in [6.45, 7) is 2.91. The van der Waals surface area contributed by atoms with Gasteiger partial charge in [-0.15, -0.1) is 0 Å². The van der Waals surface area contributed by atoms with Crippen LogP contribution in [-0.2, 0) is 0 Å². The van der Waals surface area contributed by atoms with Crippen LogP contribution in [0.4, 0.5) is 11.5 Å². The molecule has 5 nitrogen and oxygen atoms in total. The number of rotatable bonds is 5. The summed E-state index contributed by atoms with van der Waals surface area (Å²) in [5.74, 6) is 0.248. The second-order valence-electron chi connectivity index (χ2n) is 4.02. The molecule has 2 rings (SSSR count). The number of nitrogens with zero attached hydrogens (tertiary/aromatic N) is 2. The van der Waals surface area contributed by atoms with Gasteiger partial charge in [-0.2, -0.15) is 0 Å². The summed E-state index contributed by atoms with van der Waals surface area (Å²) in [4.78, 5) is 20.1. The minimum Gasteiger partial charge on any atom is -0.384 e. The lowest BCUT2D eigenvalue weighted by molar-refractivity contribution is 0.102. The largest absolute Gasteiger partial charge is 0.384 e. The van der Waals surface area contributed by atoms with Gasteiger partial charge in [0.25, 0.3) is 5.91 Å². The van der Waals surface area contributed by atoms with Gasteiger partial charge >= 0.3 is 0 Å². The Kier molecular flexibility index (Phi) is 4.44. The first-order chi connectivity index (χ1) is 9.31. The van der Waals surface area contributed by atoms with Crippen LogP contribution >= 0.6 is 0 Å². The van der Waals surface area contributed by atoms with Gasteiger partial charge in [-0.05, 0) is 18.6 Å². The van der Waals surface area contributed by atoms with Gasteiger partial charge in [0.2, 0.25) is 0 Å². The van der Waals surface area contributed by atoms with Crippen molar-refractivity contribution in [2.24, 2.45) is 0 Å². The van der Waals surface area contributed by atoms with E-state index in [9.17, 15) is 4.79 Å². The summed E-state index contributed by atoms with van der Waals surface area (Å²) in [6.07, 6.45) is 5.61. The van der Waals surface area contributed by atoms with E-state index in [1.54, 1.807) is 12.3 Å². The number of anilines is 2. The van der Waals surface area contributed by atoms with Crippen molar-refractivity contribution in [2.45, 2.75) is 13.3 Å². The summed E-state index contributed by atoms with van der Waals surface area (Å²) in [7, 11) is 0. The van der Waals surface area contributed by atoms with Crippen LogP contribution in [0, 0.1) is 0 Å². The van der Waals surface area contributed by atoms with E-state index in [0.29, 0.717) is 11.4 Å². The van der Waals surface area contributed by atoms with E-state index < -0.39 is 0 Å². The summed E-state index contributed by atoms with van der Waals surface area (Å²) < 4.78 is 0. The fourth-order valence-corrected chi connectivity index (χ4v) is 1.64. The monoisotopic (exact) mass is 256 g/mol. The lowest BCUT2D eigenvalue weighted by Gasteiger charge is -2.11. The van der Waals surface area contributed by atoms with Crippen molar-refractivity contribution in [1.82, 2.24) is 9.97 Å². The van der Waals surface area contributed by atoms with Crippen LogP contribution in [0.2, 0.25) is 0 Å². The number of aromatic nitrogens is 2. The van der Waals surface area contributed by atoms with Crippen molar-refractivity contribution in [2.75, 3.05) is 17.2 Å². The minimum absolute atomic E-state index is 0.195. The molecule has 0 saturated heterocycles. The van der Waals surface area contributed by atoms with E-state index in [2.05, 4.69) is 27.5 Å². The summed E-state index contributed by atoms with van der Waals surface area (Å²) in [6, 6.07) is 7.41. The van der Waals surface area contributed by atoms with Crippen molar-refractivity contribution < 1.29 is 4.79 Å². The molecule has 0 unspecified atom stereocenters. The predicted molar refractivity (Wildman–Crippen MR) is 75.2 cm³/mol. The summed E-state index contributed by atoms with van der Waals surface area (Å²) in [5.41, 5.74) is 1.42. The number of hydrogen-bond donors (Lipinski definition) is 2. The minimum atomic E-state index is -0.195. The molecule has 19 heavy (non-hydrogen) atoms. The van der Waals surface area contributed by atoms with Crippen LogP contribution in [0.3, 0.4) is 0 Å². The molecule has 0 aliphatic heterocycles. The van der Waals surface area contributed by atoms with Crippen molar-refractivity contribution >= 4 is 17.4 Å². The molecule has 0 spiro atoms. The third-order valence-corrected chi connectivity index (χ3v) is 2.54. The first kappa shape index (κ1) is 13.0. The second kappa shape index (κ2) is 6.49. The Morgan fingerprint density at radius 1 is 1.26 bits per heavy atom. The number of carbonyl (C=O) groups excluding carboxylic acids is 1. The van der Waals surface area contributed by atoms with Crippen LogP contribution in [0.5, 0.6) is 0 Å². The normalized spacial score (nSPS) is 9.95. The molecule has 1 heterocycles. The molecule has 5 heteroatoms. The van der Waals surface area contributed by atoms with E-state index in [1.165, 1.54) is 12.4 Å². The third-order valence-electron chi connectivity index (χ3n) is 2.54. The Bertz CT molecular complexity index is 542. The molecule has 98 valence electrons. The maximum Gasteiger partial charge on any atom is 0.258 e. The van der Waals surface area contributed by atoms with Gasteiger partial charge in [0.15, 0.2) is 5.82 Å². The second-order valence-corrected chi connectivity index (χ2v) is 4.02. The Morgan fingerprint density at radius 3 is 2.84 bits per heavy atom. The zero-order chi connectivity index (χ0) is 13.5. The zero-order valence-corrected chi connectivity index (χ0v) is 10.8. The van der Waals surface area contributed by atoms with Crippen LogP contribution in [0.25, 0.3) is 0 Å². The standard InChI is InChI=1S/C14H16N4O/c1-2-7-16-12-6-4-3-5-11(12)14(19)18-13-10-15-8-9-17-13/h3-6,8-10,16H,2,7H2,1H3,(H,17,18,19).